The third kappa shape index (κ3) is 2.73. The van der Waals surface area contributed by atoms with E-state index in [1.54, 1.807) is 16.4 Å². The fraction of sp³-hybridized carbons (Fsp3) is 0.591. The van der Waals surface area contributed by atoms with Crippen LogP contribution in [0.15, 0.2) is 34.7 Å². The van der Waals surface area contributed by atoms with Crippen LogP contribution < -0.4 is 0 Å². The van der Waals surface area contributed by atoms with Crippen LogP contribution in [0.2, 0.25) is 0 Å². The van der Waals surface area contributed by atoms with Gasteiger partial charge in [0.2, 0.25) is 10.0 Å². The molecule has 1 heterocycles. The maximum atomic E-state index is 13.0. The van der Waals surface area contributed by atoms with Gasteiger partial charge < -0.3 is 0 Å². The topological polar surface area (TPSA) is 54.5 Å². The van der Waals surface area contributed by atoms with Crippen LogP contribution in [0.25, 0.3) is 6.08 Å². The lowest BCUT2D eigenvalue weighted by atomic mass is 9.70. The fourth-order valence-corrected chi connectivity index (χ4v) is 6.78. The number of piperidine rings is 1. The van der Waals surface area contributed by atoms with E-state index in [1.165, 1.54) is 0 Å². The van der Waals surface area contributed by atoms with Gasteiger partial charge in [0.05, 0.1) is 4.90 Å². The molecule has 2 aliphatic carbocycles. The maximum Gasteiger partial charge on any atom is 0.243 e. The monoisotopic (exact) mass is 387 g/mol. The molecule has 4 rings (SSSR count). The molecule has 4 nitrogen and oxygen atoms in total. The predicted molar refractivity (Wildman–Crippen MR) is 107 cm³/mol. The van der Waals surface area contributed by atoms with Gasteiger partial charge in [0.1, 0.15) is 0 Å². The van der Waals surface area contributed by atoms with Crippen LogP contribution in [-0.2, 0) is 14.8 Å². The van der Waals surface area contributed by atoms with E-state index in [0.29, 0.717) is 23.9 Å². The minimum Gasteiger partial charge on any atom is -0.294 e. The van der Waals surface area contributed by atoms with E-state index in [-0.39, 0.29) is 16.6 Å². The number of Topliss-reactive ketones (excluding diaryl/α,β-unsaturated/α-hetero) is 1. The van der Waals surface area contributed by atoms with Gasteiger partial charge in [0.25, 0.3) is 0 Å². The highest BCUT2D eigenvalue weighted by atomic mass is 32.2. The molecule has 1 aromatic carbocycles. The zero-order valence-electron chi connectivity index (χ0n) is 16.5. The summed E-state index contributed by atoms with van der Waals surface area (Å²) in [5.74, 6) is 0.570. The second kappa shape index (κ2) is 6.28. The largest absolute Gasteiger partial charge is 0.294 e. The Morgan fingerprint density at radius 2 is 1.67 bits per heavy atom. The van der Waals surface area contributed by atoms with E-state index in [2.05, 4.69) is 20.8 Å². The van der Waals surface area contributed by atoms with Gasteiger partial charge in [-0.25, -0.2) is 8.42 Å². The van der Waals surface area contributed by atoms with Crippen LogP contribution in [0.4, 0.5) is 0 Å². The Balaban J connectivity index is 1.61. The highest BCUT2D eigenvalue weighted by molar-refractivity contribution is 7.89. The molecule has 0 radical (unpaired) electrons. The number of rotatable bonds is 3. The van der Waals surface area contributed by atoms with Crippen molar-refractivity contribution in [1.29, 1.82) is 0 Å². The van der Waals surface area contributed by atoms with Gasteiger partial charge >= 0.3 is 0 Å². The highest BCUT2D eigenvalue weighted by Crippen LogP contribution is 2.65. The molecule has 1 saturated heterocycles. The molecular formula is C22H29NO3S. The van der Waals surface area contributed by atoms with Crippen molar-refractivity contribution in [3.63, 3.8) is 0 Å². The summed E-state index contributed by atoms with van der Waals surface area (Å²) >= 11 is 0. The molecule has 1 aromatic rings. The SMILES string of the molecule is CC1(C)[C@H]2CC[C@]1(C)C(=O)/C2=C\c1ccc(S(=O)(=O)N2CCCCC2)cc1. The summed E-state index contributed by atoms with van der Waals surface area (Å²) in [6.45, 7) is 7.73. The molecule has 1 aliphatic heterocycles. The van der Waals surface area contributed by atoms with E-state index in [0.717, 1.165) is 43.2 Å². The lowest BCUT2D eigenvalue weighted by Crippen LogP contribution is -2.35. The second-order valence-corrected chi connectivity index (χ2v) is 11.0. The third-order valence-electron chi connectivity index (χ3n) is 7.52. The van der Waals surface area contributed by atoms with Gasteiger partial charge in [-0.1, -0.05) is 39.3 Å². The van der Waals surface area contributed by atoms with E-state index >= 15 is 0 Å². The quantitative estimate of drug-likeness (QED) is 0.728. The summed E-state index contributed by atoms with van der Waals surface area (Å²) in [5, 5.41) is 0. The summed E-state index contributed by atoms with van der Waals surface area (Å²) < 4.78 is 27.2. The molecule has 2 saturated carbocycles. The molecule has 2 bridgehead atoms. The maximum absolute atomic E-state index is 13.0. The first-order chi connectivity index (χ1) is 12.7. The van der Waals surface area contributed by atoms with Crippen molar-refractivity contribution in [3.05, 3.63) is 35.4 Å². The first kappa shape index (κ1) is 18.9. The molecule has 0 spiro atoms. The highest BCUT2D eigenvalue weighted by Gasteiger charge is 2.63. The Labute approximate surface area is 162 Å². The normalized spacial score (nSPS) is 32.3. The van der Waals surface area contributed by atoms with Crippen molar-refractivity contribution in [3.8, 4) is 0 Å². The number of hydrogen-bond acceptors (Lipinski definition) is 3. The Bertz CT molecular complexity index is 892. The van der Waals surface area contributed by atoms with E-state index in [9.17, 15) is 13.2 Å². The lowest BCUT2D eigenvalue weighted by molar-refractivity contribution is -0.125. The van der Waals surface area contributed by atoms with Gasteiger partial charge in [-0.2, -0.15) is 4.31 Å². The molecule has 0 N–H and O–H groups in total. The Hall–Kier alpha value is -1.46. The van der Waals surface area contributed by atoms with Gasteiger partial charge in [-0.3, -0.25) is 4.79 Å². The van der Waals surface area contributed by atoms with E-state index in [1.807, 2.05) is 18.2 Å². The number of fused-ring (bicyclic) bond motifs is 2. The van der Waals surface area contributed by atoms with Gasteiger partial charge in [-0.05, 0) is 66.4 Å². The summed E-state index contributed by atoms with van der Waals surface area (Å²) in [4.78, 5) is 13.3. The number of carbonyl (C=O) groups is 1. The van der Waals surface area contributed by atoms with Crippen molar-refractivity contribution in [2.75, 3.05) is 13.1 Å². The smallest absolute Gasteiger partial charge is 0.243 e. The summed E-state index contributed by atoms with van der Waals surface area (Å²) in [5.41, 5.74) is 1.55. The number of nitrogens with zero attached hydrogens (tertiary/aromatic N) is 1. The van der Waals surface area contributed by atoms with Crippen molar-refractivity contribution in [2.24, 2.45) is 16.7 Å². The lowest BCUT2D eigenvalue weighted by Gasteiger charge is -2.31. The zero-order chi connectivity index (χ0) is 19.4. The van der Waals surface area contributed by atoms with E-state index in [4.69, 9.17) is 0 Å². The van der Waals surface area contributed by atoms with E-state index < -0.39 is 10.0 Å². The minimum atomic E-state index is -3.41. The Morgan fingerprint density at radius 1 is 1.04 bits per heavy atom. The molecule has 0 aromatic heterocycles. The summed E-state index contributed by atoms with van der Waals surface area (Å²) in [7, 11) is -3.41. The van der Waals surface area contributed by atoms with Crippen molar-refractivity contribution < 1.29 is 13.2 Å². The molecule has 3 aliphatic rings. The number of carbonyl (C=O) groups excluding carboxylic acids is 1. The molecule has 27 heavy (non-hydrogen) atoms. The molecule has 0 unspecified atom stereocenters. The molecule has 2 atom stereocenters. The number of hydrogen-bond donors (Lipinski definition) is 0. The standard InChI is InChI=1S/C22H29NO3S/c1-21(2)19-11-12-22(21,3)20(24)18(19)15-16-7-9-17(10-8-16)27(25,26)23-13-5-4-6-14-23/h7-10,15,19H,4-6,11-14H2,1-3H3/b18-15-/t19-,22+/m0/s1. The molecule has 3 fully saturated rings. The molecule has 146 valence electrons. The van der Waals surface area contributed by atoms with Crippen LogP contribution in [0.1, 0.15) is 58.4 Å². The van der Waals surface area contributed by atoms with Crippen LogP contribution in [0, 0.1) is 16.7 Å². The molecule has 5 heteroatoms. The number of sulfonamides is 1. The molecular weight excluding hydrogens is 358 g/mol. The average Bonchev–Trinajstić information content (AvgIpc) is 2.97. The minimum absolute atomic E-state index is 0.00649. The van der Waals surface area contributed by atoms with Crippen LogP contribution in [0.5, 0.6) is 0 Å². The number of benzene rings is 1. The van der Waals surface area contributed by atoms with Crippen molar-refractivity contribution in [2.45, 2.75) is 57.8 Å². The third-order valence-corrected chi connectivity index (χ3v) is 9.43. The molecule has 0 amide bonds. The first-order valence-electron chi connectivity index (χ1n) is 10.0. The van der Waals surface area contributed by atoms with Gasteiger partial charge in [0.15, 0.2) is 5.78 Å². The average molecular weight is 388 g/mol. The van der Waals surface area contributed by atoms with Gasteiger partial charge in [-0.15, -0.1) is 0 Å². The van der Waals surface area contributed by atoms with Gasteiger partial charge in [0, 0.05) is 18.5 Å². The number of ketones is 1. The fourth-order valence-electron chi connectivity index (χ4n) is 5.26. The number of allylic oxidation sites excluding steroid dienone is 1. The Kier molecular flexibility index (Phi) is 4.39. The second-order valence-electron chi connectivity index (χ2n) is 9.11. The van der Waals surface area contributed by atoms with Crippen LogP contribution in [0.3, 0.4) is 0 Å². The van der Waals surface area contributed by atoms with Crippen molar-refractivity contribution in [1.82, 2.24) is 4.31 Å². The Morgan fingerprint density at radius 3 is 2.22 bits per heavy atom. The first-order valence-corrected chi connectivity index (χ1v) is 11.5. The van der Waals surface area contributed by atoms with Crippen molar-refractivity contribution >= 4 is 21.9 Å². The summed E-state index contributed by atoms with van der Waals surface area (Å²) in [6, 6.07) is 7.03. The van der Waals surface area contributed by atoms with Crippen LogP contribution in [-0.4, -0.2) is 31.6 Å². The summed E-state index contributed by atoms with van der Waals surface area (Å²) in [6.07, 6.45) is 6.97. The predicted octanol–water partition coefficient (Wildman–Crippen LogP) is 4.27. The van der Waals surface area contributed by atoms with Crippen LogP contribution >= 0.6 is 0 Å². The zero-order valence-corrected chi connectivity index (χ0v) is 17.3.